The van der Waals surface area contributed by atoms with Crippen molar-refractivity contribution >= 4 is 5.69 Å². The van der Waals surface area contributed by atoms with Crippen molar-refractivity contribution in [3.63, 3.8) is 0 Å². The Morgan fingerprint density at radius 1 is 1.29 bits per heavy atom. The first kappa shape index (κ1) is 11.0. The molecular formula is C11H17FN2. The van der Waals surface area contributed by atoms with E-state index >= 15 is 0 Å². The molecule has 1 aromatic carbocycles. The molecule has 0 fully saturated rings. The molecule has 0 bridgehead atoms. The molecule has 0 aliphatic rings. The van der Waals surface area contributed by atoms with Gasteiger partial charge in [0.05, 0.1) is 5.69 Å². The second-order valence-corrected chi connectivity index (χ2v) is 4.28. The van der Waals surface area contributed by atoms with E-state index in [2.05, 4.69) is 0 Å². The van der Waals surface area contributed by atoms with Gasteiger partial charge in [-0.2, -0.15) is 0 Å². The van der Waals surface area contributed by atoms with Crippen molar-refractivity contribution in [3.8, 4) is 0 Å². The number of nitrogens with zero attached hydrogens (tertiary/aromatic N) is 1. The van der Waals surface area contributed by atoms with Gasteiger partial charge >= 0.3 is 0 Å². The molecule has 0 saturated heterocycles. The van der Waals surface area contributed by atoms with Crippen LogP contribution >= 0.6 is 0 Å². The molecule has 0 atom stereocenters. The lowest BCUT2D eigenvalue weighted by Gasteiger charge is -2.22. The lowest BCUT2D eigenvalue weighted by atomic mass is 9.95. The minimum Gasteiger partial charge on any atom is -0.375 e. The summed E-state index contributed by atoms with van der Waals surface area (Å²) >= 11 is 0. The molecule has 0 unspecified atom stereocenters. The lowest BCUT2D eigenvalue weighted by Crippen LogP contribution is -2.29. The van der Waals surface area contributed by atoms with Crippen LogP contribution < -0.4 is 10.6 Å². The van der Waals surface area contributed by atoms with Crippen LogP contribution in [-0.4, -0.2) is 14.1 Å². The second kappa shape index (κ2) is 3.58. The number of anilines is 1. The number of hydrogen-bond acceptors (Lipinski definition) is 2. The van der Waals surface area contributed by atoms with E-state index in [-0.39, 0.29) is 5.82 Å². The number of hydrogen-bond donors (Lipinski definition) is 1. The topological polar surface area (TPSA) is 29.3 Å². The van der Waals surface area contributed by atoms with E-state index < -0.39 is 5.54 Å². The van der Waals surface area contributed by atoms with Crippen LogP contribution in [0.15, 0.2) is 18.2 Å². The molecule has 0 heterocycles. The van der Waals surface area contributed by atoms with Crippen molar-refractivity contribution in [2.75, 3.05) is 19.0 Å². The first-order chi connectivity index (χ1) is 6.32. The third kappa shape index (κ3) is 2.23. The number of halogens is 1. The van der Waals surface area contributed by atoms with Gasteiger partial charge in [0.25, 0.3) is 0 Å². The largest absolute Gasteiger partial charge is 0.375 e. The molecular weight excluding hydrogens is 179 g/mol. The minimum absolute atomic E-state index is 0.219. The van der Waals surface area contributed by atoms with E-state index in [0.29, 0.717) is 5.69 Å². The number of benzene rings is 1. The van der Waals surface area contributed by atoms with E-state index in [1.807, 2.05) is 27.9 Å². The van der Waals surface area contributed by atoms with E-state index in [1.54, 1.807) is 17.0 Å². The molecule has 2 N–H and O–H groups in total. The Bertz CT molecular complexity index is 327. The Labute approximate surface area is 84.5 Å². The number of rotatable bonds is 2. The van der Waals surface area contributed by atoms with Gasteiger partial charge in [-0.25, -0.2) is 4.39 Å². The fourth-order valence-corrected chi connectivity index (χ4v) is 1.26. The third-order valence-electron chi connectivity index (χ3n) is 2.17. The van der Waals surface area contributed by atoms with Gasteiger partial charge in [-0.05, 0) is 31.5 Å². The van der Waals surface area contributed by atoms with Crippen LogP contribution in [0.2, 0.25) is 0 Å². The zero-order valence-corrected chi connectivity index (χ0v) is 9.13. The van der Waals surface area contributed by atoms with Gasteiger partial charge in [-0.3, -0.25) is 0 Å². The quantitative estimate of drug-likeness (QED) is 0.784. The molecule has 3 heteroatoms. The van der Waals surface area contributed by atoms with Gasteiger partial charge in [-0.1, -0.05) is 6.07 Å². The summed E-state index contributed by atoms with van der Waals surface area (Å²) in [5.41, 5.74) is 7.01. The molecule has 0 saturated carbocycles. The Hall–Kier alpha value is -1.09. The zero-order chi connectivity index (χ0) is 10.9. The van der Waals surface area contributed by atoms with Gasteiger partial charge < -0.3 is 10.6 Å². The Balaban J connectivity index is 3.20. The maximum absolute atomic E-state index is 13.3. The van der Waals surface area contributed by atoms with Crippen molar-refractivity contribution in [1.82, 2.24) is 0 Å². The minimum atomic E-state index is -0.432. The summed E-state index contributed by atoms with van der Waals surface area (Å²) in [6, 6.07) is 4.97. The molecule has 0 aliphatic heterocycles. The van der Waals surface area contributed by atoms with Crippen molar-refractivity contribution in [2.45, 2.75) is 19.4 Å². The van der Waals surface area contributed by atoms with Crippen molar-refractivity contribution < 1.29 is 4.39 Å². The van der Waals surface area contributed by atoms with Crippen LogP contribution in [0, 0.1) is 5.82 Å². The summed E-state index contributed by atoms with van der Waals surface area (Å²) in [5.74, 6) is -0.219. The van der Waals surface area contributed by atoms with Crippen molar-refractivity contribution in [1.29, 1.82) is 0 Å². The normalized spacial score (nSPS) is 11.6. The summed E-state index contributed by atoms with van der Waals surface area (Å²) in [6.45, 7) is 3.80. The molecule has 0 amide bonds. The SMILES string of the molecule is CN(C)c1cc(C(C)(C)N)ccc1F. The Kier molecular flexibility index (Phi) is 2.81. The molecule has 1 aromatic rings. The average molecular weight is 196 g/mol. The average Bonchev–Trinajstić information content (AvgIpc) is 2.02. The molecule has 0 spiro atoms. The highest BCUT2D eigenvalue weighted by Gasteiger charge is 2.16. The van der Waals surface area contributed by atoms with Crippen molar-refractivity contribution in [3.05, 3.63) is 29.6 Å². The van der Waals surface area contributed by atoms with Gasteiger partial charge in [0, 0.05) is 19.6 Å². The van der Waals surface area contributed by atoms with Gasteiger partial charge in [0.1, 0.15) is 5.82 Å². The first-order valence-electron chi connectivity index (χ1n) is 4.58. The predicted octanol–water partition coefficient (Wildman–Crippen LogP) is 2.09. The highest BCUT2D eigenvalue weighted by molar-refractivity contribution is 5.49. The fourth-order valence-electron chi connectivity index (χ4n) is 1.26. The molecule has 78 valence electrons. The predicted molar refractivity (Wildman–Crippen MR) is 57.9 cm³/mol. The van der Waals surface area contributed by atoms with E-state index in [0.717, 1.165) is 5.56 Å². The van der Waals surface area contributed by atoms with E-state index in [1.165, 1.54) is 6.07 Å². The zero-order valence-electron chi connectivity index (χ0n) is 9.13. The van der Waals surface area contributed by atoms with Crippen LogP contribution in [0.5, 0.6) is 0 Å². The van der Waals surface area contributed by atoms with Gasteiger partial charge in [-0.15, -0.1) is 0 Å². The van der Waals surface area contributed by atoms with Crippen molar-refractivity contribution in [2.24, 2.45) is 5.73 Å². The summed E-state index contributed by atoms with van der Waals surface area (Å²) in [4.78, 5) is 1.74. The molecule has 0 aliphatic carbocycles. The Morgan fingerprint density at radius 3 is 2.29 bits per heavy atom. The third-order valence-corrected chi connectivity index (χ3v) is 2.17. The molecule has 0 aromatic heterocycles. The highest BCUT2D eigenvalue weighted by Crippen LogP contribution is 2.24. The van der Waals surface area contributed by atoms with Crippen LogP contribution in [0.25, 0.3) is 0 Å². The van der Waals surface area contributed by atoms with E-state index in [9.17, 15) is 4.39 Å². The first-order valence-corrected chi connectivity index (χ1v) is 4.58. The van der Waals surface area contributed by atoms with Crippen LogP contribution in [0.4, 0.5) is 10.1 Å². The summed E-state index contributed by atoms with van der Waals surface area (Å²) in [5, 5.41) is 0. The highest BCUT2D eigenvalue weighted by atomic mass is 19.1. The molecule has 14 heavy (non-hydrogen) atoms. The summed E-state index contributed by atoms with van der Waals surface area (Å²) < 4.78 is 13.3. The molecule has 1 rings (SSSR count). The smallest absolute Gasteiger partial charge is 0.146 e. The van der Waals surface area contributed by atoms with E-state index in [4.69, 9.17) is 5.73 Å². The van der Waals surface area contributed by atoms with Crippen LogP contribution in [0.3, 0.4) is 0 Å². The maximum atomic E-state index is 13.3. The maximum Gasteiger partial charge on any atom is 0.146 e. The van der Waals surface area contributed by atoms with Gasteiger partial charge in [0.2, 0.25) is 0 Å². The second-order valence-electron chi connectivity index (χ2n) is 4.28. The summed E-state index contributed by atoms with van der Waals surface area (Å²) in [7, 11) is 3.62. The lowest BCUT2D eigenvalue weighted by molar-refractivity contribution is 0.550. The molecule has 2 nitrogen and oxygen atoms in total. The Morgan fingerprint density at radius 2 is 1.86 bits per heavy atom. The molecule has 0 radical (unpaired) electrons. The fraction of sp³-hybridized carbons (Fsp3) is 0.455. The van der Waals surface area contributed by atoms with Crippen LogP contribution in [-0.2, 0) is 5.54 Å². The number of nitrogens with two attached hydrogens (primary N) is 1. The van der Waals surface area contributed by atoms with Gasteiger partial charge in [0.15, 0.2) is 0 Å². The summed E-state index contributed by atoms with van der Waals surface area (Å²) in [6.07, 6.45) is 0. The standard InChI is InChI=1S/C11H17FN2/c1-11(2,13)8-5-6-9(12)10(7-8)14(3)4/h5-7H,13H2,1-4H3. The monoisotopic (exact) mass is 196 g/mol. The van der Waals surface area contributed by atoms with Crippen LogP contribution in [0.1, 0.15) is 19.4 Å².